The van der Waals surface area contributed by atoms with Crippen LogP contribution in [0.2, 0.25) is 0 Å². The zero-order chi connectivity index (χ0) is 18.4. The molecule has 1 aromatic carbocycles. The summed E-state index contributed by atoms with van der Waals surface area (Å²) in [5.74, 6) is -0.818. The molecular formula is C18H30F2IN5. The molecule has 0 radical (unpaired) electrons. The second-order valence-corrected chi connectivity index (χ2v) is 6.65. The van der Waals surface area contributed by atoms with Crippen molar-refractivity contribution in [1.29, 1.82) is 0 Å². The normalized spacial score (nSPS) is 19.5. The molecule has 0 spiro atoms. The van der Waals surface area contributed by atoms with Crippen LogP contribution in [0.5, 0.6) is 0 Å². The van der Waals surface area contributed by atoms with Crippen LogP contribution in [0.3, 0.4) is 0 Å². The number of nitrogens with one attached hydrogen (secondary N) is 1. The summed E-state index contributed by atoms with van der Waals surface area (Å²) >= 11 is 0. The summed E-state index contributed by atoms with van der Waals surface area (Å²) in [5, 5.41) is 3.14. The summed E-state index contributed by atoms with van der Waals surface area (Å²) in [6, 6.07) is 3.84. The Morgan fingerprint density at radius 1 is 1.38 bits per heavy atom. The predicted octanol–water partition coefficient (Wildman–Crippen LogP) is 2.57. The van der Waals surface area contributed by atoms with E-state index in [2.05, 4.69) is 22.1 Å². The van der Waals surface area contributed by atoms with E-state index in [1.807, 2.05) is 0 Å². The highest BCUT2D eigenvalue weighted by molar-refractivity contribution is 14.0. The van der Waals surface area contributed by atoms with Crippen molar-refractivity contribution in [2.75, 3.05) is 40.3 Å². The van der Waals surface area contributed by atoms with Crippen LogP contribution in [0, 0.1) is 11.6 Å². The molecule has 1 saturated heterocycles. The number of nitrogens with zero attached hydrogens (tertiary/aromatic N) is 3. The van der Waals surface area contributed by atoms with Crippen LogP contribution in [-0.4, -0.2) is 62.1 Å². The number of likely N-dealkylation sites (N-methyl/N-ethyl adjacent to an activating group) is 2. The van der Waals surface area contributed by atoms with Gasteiger partial charge in [-0.15, -0.1) is 24.0 Å². The van der Waals surface area contributed by atoms with E-state index < -0.39 is 17.7 Å². The molecule has 26 heavy (non-hydrogen) atoms. The number of hydrogen-bond donors (Lipinski definition) is 2. The fourth-order valence-electron chi connectivity index (χ4n) is 3.35. The van der Waals surface area contributed by atoms with E-state index in [0.29, 0.717) is 12.0 Å². The Hall–Kier alpha value is -1.000. The number of hydrogen-bond acceptors (Lipinski definition) is 3. The van der Waals surface area contributed by atoms with Crippen molar-refractivity contribution in [3.8, 4) is 0 Å². The summed E-state index contributed by atoms with van der Waals surface area (Å²) in [4.78, 5) is 8.46. The summed E-state index contributed by atoms with van der Waals surface area (Å²) < 4.78 is 28.1. The number of rotatable bonds is 7. The van der Waals surface area contributed by atoms with Crippen LogP contribution in [0.4, 0.5) is 8.78 Å². The first-order valence-electron chi connectivity index (χ1n) is 8.82. The van der Waals surface area contributed by atoms with Crippen molar-refractivity contribution in [1.82, 2.24) is 15.1 Å². The minimum atomic E-state index is -0.565. The number of guanidine groups is 1. The van der Waals surface area contributed by atoms with E-state index in [1.165, 1.54) is 24.6 Å². The van der Waals surface area contributed by atoms with Gasteiger partial charge in [-0.1, -0.05) is 13.0 Å². The first-order chi connectivity index (χ1) is 11.9. The molecule has 3 N–H and O–H groups in total. The molecule has 0 aliphatic carbocycles. The standard InChI is InChI=1S/C18H29F2N5.HI/c1-4-25-10-6-7-13(25)11-22-18(21)23-12-16(24(2)3)17-14(19)8-5-9-15(17)20;/h5,8-9,13,16H,4,6-7,10-12H2,1-3H3,(H3,21,22,23);1H. The smallest absolute Gasteiger partial charge is 0.188 e. The van der Waals surface area contributed by atoms with Gasteiger partial charge in [-0.3, -0.25) is 9.89 Å². The van der Waals surface area contributed by atoms with E-state index in [0.717, 1.165) is 26.1 Å². The molecule has 0 saturated carbocycles. The van der Waals surface area contributed by atoms with Gasteiger partial charge in [0.2, 0.25) is 0 Å². The predicted molar refractivity (Wildman–Crippen MR) is 113 cm³/mol. The zero-order valence-corrected chi connectivity index (χ0v) is 18.0. The molecule has 1 fully saturated rings. The topological polar surface area (TPSA) is 56.9 Å². The third-order valence-corrected chi connectivity index (χ3v) is 4.81. The number of benzene rings is 1. The number of halogens is 3. The van der Waals surface area contributed by atoms with Gasteiger partial charge in [0.1, 0.15) is 11.6 Å². The maximum absolute atomic E-state index is 14.1. The van der Waals surface area contributed by atoms with E-state index >= 15 is 0 Å². The van der Waals surface area contributed by atoms with Gasteiger partial charge in [0, 0.05) is 18.2 Å². The zero-order valence-electron chi connectivity index (χ0n) is 15.7. The number of nitrogens with two attached hydrogens (primary N) is 1. The lowest BCUT2D eigenvalue weighted by atomic mass is 10.0. The molecule has 2 atom stereocenters. The van der Waals surface area contributed by atoms with Gasteiger partial charge in [-0.05, 0) is 52.2 Å². The molecule has 0 amide bonds. The van der Waals surface area contributed by atoms with Crippen molar-refractivity contribution in [2.45, 2.75) is 31.8 Å². The molecule has 0 aromatic heterocycles. The van der Waals surface area contributed by atoms with Gasteiger partial charge in [-0.2, -0.15) is 0 Å². The summed E-state index contributed by atoms with van der Waals surface area (Å²) in [6.45, 7) is 5.23. The SMILES string of the molecule is CCN1CCCC1CNC(N)=NCC(c1c(F)cccc1F)N(C)C.I. The first-order valence-corrected chi connectivity index (χ1v) is 8.82. The molecule has 2 rings (SSSR count). The van der Waals surface area contributed by atoms with Gasteiger partial charge >= 0.3 is 0 Å². The van der Waals surface area contributed by atoms with E-state index in [-0.39, 0.29) is 36.1 Å². The molecule has 1 aliphatic heterocycles. The highest BCUT2D eigenvalue weighted by atomic mass is 127. The number of aliphatic imine (C=N–C) groups is 1. The lowest BCUT2D eigenvalue weighted by molar-refractivity contribution is 0.267. The maximum atomic E-state index is 14.1. The molecule has 5 nitrogen and oxygen atoms in total. The van der Waals surface area contributed by atoms with Crippen LogP contribution in [-0.2, 0) is 0 Å². The molecule has 8 heteroatoms. The Bertz CT molecular complexity index is 577. The molecule has 1 aromatic rings. The molecule has 1 heterocycles. The van der Waals surface area contributed by atoms with Gasteiger partial charge < -0.3 is 16.0 Å². The highest BCUT2D eigenvalue weighted by Crippen LogP contribution is 2.24. The van der Waals surface area contributed by atoms with Gasteiger partial charge in [0.15, 0.2) is 5.96 Å². The molecule has 2 unspecified atom stereocenters. The number of likely N-dealkylation sites (tertiary alicyclic amines) is 1. The largest absolute Gasteiger partial charge is 0.370 e. The minimum Gasteiger partial charge on any atom is -0.370 e. The van der Waals surface area contributed by atoms with Gasteiger partial charge in [0.05, 0.1) is 12.6 Å². The average molecular weight is 481 g/mol. The Labute approximate surface area is 172 Å². The van der Waals surface area contributed by atoms with Crippen LogP contribution < -0.4 is 11.1 Å². The Morgan fingerprint density at radius 2 is 2.04 bits per heavy atom. The van der Waals surface area contributed by atoms with Crippen molar-refractivity contribution in [3.05, 3.63) is 35.4 Å². The van der Waals surface area contributed by atoms with E-state index in [9.17, 15) is 8.78 Å². The summed E-state index contributed by atoms with van der Waals surface area (Å²) in [6.07, 6.45) is 2.35. The molecular weight excluding hydrogens is 451 g/mol. The Morgan fingerprint density at radius 3 is 2.62 bits per heavy atom. The van der Waals surface area contributed by atoms with Crippen LogP contribution in [0.1, 0.15) is 31.4 Å². The van der Waals surface area contributed by atoms with Gasteiger partial charge in [0.25, 0.3) is 0 Å². The average Bonchev–Trinajstić information content (AvgIpc) is 3.02. The van der Waals surface area contributed by atoms with Crippen molar-refractivity contribution >= 4 is 29.9 Å². The van der Waals surface area contributed by atoms with Crippen LogP contribution >= 0.6 is 24.0 Å². The molecule has 148 valence electrons. The fraction of sp³-hybridized carbons (Fsp3) is 0.611. The first kappa shape index (κ1) is 23.0. The Kier molecular flexibility index (Phi) is 9.73. The second-order valence-electron chi connectivity index (χ2n) is 6.65. The van der Waals surface area contributed by atoms with Crippen LogP contribution in [0.15, 0.2) is 23.2 Å². The second kappa shape index (κ2) is 11.0. The van der Waals surface area contributed by atoms with Crippen molar-refractivity contribution in [3.63, 3.8) is 0 Å². The van der Waals surface area contributed by atoms with Crippen molar-refractivity contribution in [2.24, 2.45) is 10.7 Å². The third-order valence-electron chi connectivity index (χ3n) is 4.81. The van der Waals surface area contributed by atoms with E-state index in [1.54, 1.807) is 19.0 Å². The van der Waals surface area contributed by atoms with E-state index in [4.69, 9.17) is 5.73 Å². The Balaban J connectivity index is 0.00000338. The monoisotopic (exact) mass is 481 g/mol. The van der Waals surface area contributed by atoms with Crippen LogP contribution in [0.25, 0.3) is 0 Å². The molecule has 0 bridgehead atoms. The highest BCUT2D eigenvalue weighted by Gasteiger charge is 2.23. The maximum Gasteiger partial charge on any atom is 0.188 e. The molecule has 1 aliphatic rings. The summed E-state index contributed by atoms with van der Waals surface area (Å²) in [5.41, 5.74) is 5.98. The van der Waals surface area contributed by atoms with Crippen molar-refractivity contribution < 1.29 is 8.78 Å². The van der Waals surface area contributed by atoms with Gasteiger partial charge in [-0.25, -0.2) is 8.78 Å². The quantitative estimate of drug-likeness (QED) is 0.357. The lowest BCUT2D eigenvalue weighted by Gasteiger charge is -2.25. The summed E-state index contributed by atoms with van der Waals surface area (Å²) in [7, 11) is 3.54. The lowest BCUT2D eigenvalue weighted by Crippen LogP contribution is -2.43. The third kappa shape index (κ3) is 6.02. The minimum absolute atomic E-state index is 0. The fourth-order valence-corrected chi connectivity index (χ4v) is 3.35.